The van der Waals surface area contributed by atoms with Gasteiger partial charge in [-0.05, 0) is 17.7 Å². The molecule has 0 unspecified atom stereocenters. The molecule has 0 amide bonds. The van der Waals surface area contributed by atoms with Gasteiger partial charge in [-0.1, -0.05) is 32.0 Å². The number of nitrogens with one attached hydrogen (secondary N) is 1. The molecule has 0 atom stereocenters. The first kappa shape index (κ1) is 13.6. The van der Waals surface area contributed by atoms with Crippen molar-refractivity contribution in [1.29, 1.82) is 0 Å². The van der Waals surface area contributed by atoms with Gasteiger partial charge in [0.15, 0.2) is 0 Å². The van der Waals surface area contributed by atoms with Gasteiger partial charge in [0, 0.05) is 36.6 Å². The maximum atomic E-state index is 9.29. The maximum Gasteiger partial charge on any atom is 0.0679 e. The van der Waals surface area contributed by atoms with E-state index in [2.05, 4.69) is 22.5 Å². The standard InChI is InChI=1S/C15H21N3O/c1-15(2,12-19)11-16-14-7-4-3-6-13(14)10-18-9-5-8-17-18/h3-9,16,19H,10-12H2,1-2H3. The van der Waals surface area contributed by atoms with Crippen LogP contribution in [0.25, 0.3) is 0 Å². The van der Waals surface area contributed by atoms with Crippen LogP contribution in [0.2, 0.25) is 0 Å². The Balaban J connectivity index is 2.08. The molecule has 0 fully saturated rings. The summed E-state index contributed by atoms with van der Waals surface area (Å²) < 4.78 is 1.90. The molecule has 0 aliphatic rings. The highest BCUT2D eigenvalue weighted by molar-refractivity contribution is 5.51. The number of aliphatic hydroxyl groups is 1. The summed E-state index contributed by atoms with van der Waals surface area (Å²) in [5.74, 6) is 0. The van der Waals surface area contributed by atoms with Gasteiger partial charge in [0.05, 0.1) is 6.54 Å². The Bertz CT molecular complexity index is 506. The molecular weight excluding hydrogens is 238 g/mol. The zero-order chi connectivity index (χ0) is 13.7. The molecule has 0 aliphatic heterocycles. The van der Waals surface area contributed by atoms with E-state index in [1.807, 2.05) is 42.9 Å². The fraction of sp³-hybridized carbons (Fsp3) is 0.400. The number of anilines is 1. The molecule has 0 bridgehead atoms. The summed E-state index contributed by atoms with van der Waals surface area (Å²) in [5, 5.41) is 16.9. The molecule has 1 aromatic carbocycles. The van der Waals surface area contributed by atoms with E-state index in [9.17, 15) is 5.11 Å². The van der Waals surface area contributed by atoms with Crippen molar-refractivity contribution in [3.8, 4) is 0 Å². The van der Waals surface area contributed by atoms with Crippen LogP contribution in [0.15, 0.2) is 42.7 Å². The predicted octanol–water partition coefficient (Wildman–Crippen LogP) is 2.36. The summed E-state index contributed by atoms with van der Waals surface area (Å²) in [6, 6.07) is 10.1. The largest absolute Gasteiger partial charge is 0.396 e. The molecule has 1 aromatic heterocycles. The third kappa shape index (κ3) is 3.83. The highest BCUT2D eigenvalue weighted by Crippen LogP contribution is 2.20. The summed E-state index contributed by atoms with van der Waals surface area (Å²) >= 11 is 0. The van der Waals surface area contributed by atoms with Gasteiger partial charge >= 0.3 is 0 Å². The zero-order valence-corrected chi connectivity index (χ0v) is 11.5. The molecule has 2 N–H and O–H groups in total. The highest BCUT2D eigenvalue weighted by atomic mass is 16.3. The van der Waals surface area contributed by atoms with Crippen LogP contribution in [0, 0.1) is 5.41 Å². The Morgan fingerprint density at radius 3 is 2.74 bits per heavy atom. The molecule has 4 heteroatoms. The fourth-order valence-corrected chi connectivity index (χ4v) is 1.79. The second kappa shape index (κ2) is 5.89. The number of hydrogen-bond donors (Lipinski definition) is 2. The van der Waals surface area contributed by atoms with Crippen molar-refractivity contribution in [2.45, 2.75) is 20.4 Å². The molecule has 0 radical (unpaired) electrons. The van der Waals surface area contributed by atoms with Gasteiger partial charge in [-0.2, -0.15) is 5.10 Å². The van der Waals surface area contributed by atoms with Crippen LogP contribution >= 0.6 is 0 Å². The van der Waals surface area contributed by atoms with Crippen molar-refractivity contribution < 1.29 is 5.11 Å². The van der Waals surface area contributed by atoms with Gasteiger partial charge in [0.25, 0.3) is 0 Å². The second-order valence-corrected chi connectivity index (χ2v) is 5.54. The minimum atomic E-state index is -0.126. The van der Waals surface area contributed by atoms with Crippen molar-refractivity contribution >= 4 is 5.69 Å². The molecule has 2 aromatic rings. The van der Waals surface area contributed by atoms with Crippen LogP contribution in [-0.4, -0.2) is 28.0 Å². The van der Waals surface area contributed by atoms with Crippen molar-refractivity contribution in [1.82, 2.24) is 9.78 Å². The fourth-order valence-electron chi connectivity index (χ4n) is 1.79. The van der Waals surface area contributed by atoms with E-state index in [0.717, 1.165) is 18.8 Å². The molecule has 0 saturated heterocycles. The monoisotopic (exact) mass is 259 g/mol. The van der Waals surface area contributed by atoms with Crippen LogP contribution in [0.3, 0.4) is 0 Å². The first-order valence-electron chi connectivity index (χ1n) is 6.51. The molecule has 0 saturated carbocycles. The summed E-state index contributed by atoms with van der Waals surface area (Å²) in [5.41, 5.74) is 2.16. The van der Waals surface area contributed by atoms with E-state index in [0.29, 0.717) is 0 Å². The molecular formula is C15H21N3O. The first-order chi connectivity index (χ1) is 9.11. The highest BCUT2D eigenvalue weighted by Gasteiger charge is 2.16. The number of benzene rings is 1. The van der Waals surface area contributed by atoms with Gasteiger partial charge in [-0.15, -0.1) is 0 Å². The molecule has 0 aliphatic carbocycles. The number of aliphatic hydroxyl groups excluding tert-OH is 1. The molecule has 19 heavy (non-hydrogen) atoms. The minimum Gasteiger partial charge on any atom is -0.396 e. The smallest absolute Gasteiger partial charge is 0.0679 e. The van der Waals surface area contributed by atoms with Crippen LogP contribution in [-0.2, 0) is 6.54 Å². The zero-order valence-electron chi connectivity index (χ0n) is 11.5. The lowest BCUT2D eigenvalue weighted by atomic mass is 9.95. The Morgan fingerprint density at radius 1 is 1.26 bits per heavy atom. The molecule has 4 nitrogen and oxygen atoms in total. The number of nitrogens with zero attached hydrogens (tertiary/aromatic N) is 2. The van der Waals surface area contributed by atoms with E-state index < -0.39 is 0 Å². The number of para-hydroxylation sites is 1. The average Bonchev–Trinajstić information content (AvgIpc) is 2.91. The minimum absolute atomic E-state index is 0.126. The van der Waals surface area contributed by atoms with E-state index in [4.69, 9.17) is 0 Å². The third-order valence-electron chi connectivity index (χ3n) is 3.09. The summed E-state index contributed by atoms with van der Waals surface area (Å²) in [6.07, 6.45) is 3.74. The third-order valence-corrected chi connectivity index (χ3v) is 3.09. The molecule has 102 valence electrons. The maximum absolute atomic E-state index is 9.29. The van der Waals surface area contributed by atoms with E-state index in [1.165, 1.54) is 5.56 Å². The Morgan fingerprint density at radius 2 is 2.05 bits per heavy atom. The summed E-state index contributed by atoms with van der Waals surface area (Å²) in [6.45, 7) is 5.73. The van der Waals surface area contributed by atoms with Crippen molar-refractivity contribution in [3.63, 3.8) is 0 Å². The average molecular weight is 259 g/mol. The van der Waals surface area contributed by atoms with Crippen LogP contribution in [0.4, 0.5) is 5.69 Å². The Kier molecular flexibility index (Phi) is 4.22. The Labute approximate surface area is 114 Å². The van der Waals surface area contributed by atoms with E-state index in [1.54, 1.807) is 6.20 Å². The van der Waals surface area contributed by atoms with E-state index >= 15 is 0 Å². The normalized spacial score (nSPS) is 11.5. The van der Waals surface area contributed by atoms with Gasteiger partial charge in [0.2, 0.25) is 0 Å². The molecule has 2 rings (SSSR count). The summed E-state index contributed by atoms with van der Waals surface area (Å²) in [7, 11) is 0. The topological polar surface area (TPSA) is 50.1 Å². The van der Waals surface area contributed by atoms with Crippen LogP contribution in [0.5, 0.6) is 0 Å². The van der Waals surface area contributed by atoms with Gasteiger partial charge < -0.3 is 10.4 Å². The first-order valence-corrected chi connectivity index (χ1v) is 6.51. The van der Waals surface area contributed by atoms with Crippen molar-refractivity contribution in [2.24, 2.45) is 5.41 Å². The number of aromatic nitrogens is 2. The van der Waals surface area contributed by atoms with Gasteiger partial charge in [0.1, 0.15) is 0 Å². The predicted molar refractivity (Wildman–Crippen MR) is 77.1 cm³/mol. The lowest BCUT2D eigenvalue weighted by Crippen LogP contribution is -2.27. The number of rotatable bonds is 6. The van der Waals surface area contributed by atoms with Gasteiger partial charge in [-0.25, -0.2) is 0 Å². The van der Waals surface area contributed by atoms with Crippen LogP contribution < -0.4 is 5.32 Å². The number of hydrogen-bond acceptors (Lipinski definition) is 3. The van der Waals surface area contributed by atoms with E-state index in [-0.39, 0.29) is 12.0 Å². The molecule has 0 spiro atoms. The molecule has 1 heterocycles. The quantitative estimate of drug-likeness (QED) is 0.837. The second-order valence-electron chi connectivity index (χ2n) is 5.54. The lowest BCUT2D eigenvalue weighted by molar-refractivity contribution is 0.171. The van der Waals surface area contributed by atoms with Crippen molar-refractivity contribution in [2.75, 3.05) is 18.5 Å². The van der Waals surface area contributed by atoms with Crippen LogP contribution in [0.1, 0.15) is 19.4 Å². The lowest BCUT2D eigenvalue weighted by Gasteiger charge is -2.23. The summed E-state index contributed by atoms with van der Waals surface area (Å²) in [4.78, 5) is 0. The SMILES string of the molecule is CC(C)(CO)CNc1ccccc1Cn1cccn1. The van der Waals surface area contributed by atoms with Gasteiger partial charge in [-0.3, -0.25) is 4.68 Å². The Hall–Kier alpha value is -1.81. The van der Waals surface area contributed by atoms with Crippen molar-refractivity contribution in [3.05, 3.63) is 48.3 Å².